The van der Waals surface area contributed by atoms with Gasteiger partial charge in [0.1, 0.15) is 0 Å². The van der Waals surface area contributed by atoms with Crippen LogP contribution in [0.25, 0.3) is 0 Å². The Balaban J connectivity index is 2.92. The van der Waals surface area contributed by atoms with Crippen LogP contribution >= 0.6 is 0 Å². The number of aryl methyl sites for hydroxylation is 1. The molecule has 2 heteroatoms. The minimum Gasteiger partial charge on any atom is -0.307 e. The molecule has 0 amide bonds. The third kappa shape index (κ3) is 3.78. The Hall–Kier alpha value is -1.15. The molecule has 88 valence electrons. The molecule has 2 nitrogen and oxygen atoms in total. The fourth-order valence-electron chi connectivity index (χ4n) is 1.72. The van der Waals surface area contributed by atoms with Gasteiger partial charge in [-0.25, -0.2) is 0 Å². The average Bonchev–Trinajstić information content (AvgIpc) is 2.24. The van der Waals surface area contributed by atoms with Gasteiger partial charge < -0.3 is 5.32 Å². The molecule has 0 radical (unpaired) electrons. The summed E-state index contributed by atoms with van der Waals surface area (Å²) in [7, 11) is 0. The second-order valence-corrected chi connectivity index (χ2v) is 4.41. The molecule has 0 bridgehead atoms. The zero-order chi connectivity index (χ0) is 12.0. The van der Waals surface area contributed by atoms with Gasteiger partial charge in [-0.2, -0.15) is 0 Å². The molecule has 16 heavy (non-hydrogen) atoms. The van der Waals surface area contributed by atoms with E-state index in [0.717, 1.165) is 13.0 Å². The molecule has 1 atom stereocenters. The summed E-state index contributed by atoms with van der Waals surface area (Å²) < 4.78 is 0. The van der Waals surface area contributed by atoms with E-state index in [4.69, 9.17) is 0 Å². The number of hydrogen-bond acceptors (Lipinski definition) is 2. The van der Waals surface area contributed by atoms with E-state index in [9.17, 15) is 0 Å². The lowest BCUT2D eigenvalue weighted by molar-refractivity contribution is 0.607. The van der Waals surface area contributed by atoms with Gasteiger partial charge >= 0.3 is 0 Å². The molecular weight excluding hydrogens is 196 g/mol. The fourth-order valence-corrected chi connectivity index (χ4v) is 1.72. The molecule has 0 spiro atoms. The Bertz CT molecular complexity index is 352. The Kier molecular flexibility index (Phi) is 5.20. The van der Waals surface area contributed by atoms with Gasteiger partial charge in [-0.3, -0.25) is 4.98 Å². The molecule has 0 aliphatic heterocycles. The number of nitrogens with zero attached hydrogens (tertiary/aromatic N) is 1. The first-order chi connectivity index (χ1) is 7.65. The van der Waals surface area contributed by atoms with Crippen LogP contribution in [0.15, 0.2) is 30.1 Å². The van der Waals surface area contributed by atoms with Crippen molar-refractivity contribution in [3.63, 3.8) is 0 Å². The maximum absolute atomic E-state index is 4.14. The molecule has 1 rings (SSSR count). The number of rotatable bonds is 5. The summed E-state index contributed by atoms with van der Waals surface area (Å²) in [6.45, 7) is 9.61. The summed E-state index contributed by atoms with van der Waals surface area (Å²) in [4.78, 5) is 4.14. The standard InChI is InChI=1S/C14H22N2/c1-5-7-16-14(9-11(2)3)13-6-8-15-10-12(13)4/h6,8-10,14,16H,5,7H2,1-4H3. The van der Waals surface area contributed by atoms with Gasteiger partial charge in [-0.1, -0.05) is 18.6 Å². The van der Waals surface area contributed by atoms with Gasteiger partial charge in [-0.05, 0) is 50.9 Å². The minimum atomic E-state index is 0.313. The predicted molar refractivity (Wildman–Crippen MR) is 69.4 cm³/mol. The highest BCUT2D eigenvalue weighted by molar-refractivity contribution is 5.29. The summed E-state index contributed by atoms with van der Waals surface area (Å²) in [5, 5.41) is 3.55. The zero-order valence-electron chi connectivity index (χ0n) is 10.7. The lowest BCUT2D eigenvalue weighted by Crippen LogP contribution is -2.21. The van der Waals surface area contributed by atoms with Crippen molar-refractivity contribution in [2.24, 2.45) is 0 Å². The van der Waals surface area contributed by atoms with Crippen LogP contribution < -0.4 is 5.32 Å². The summed E-state index contributed by atoms with van der Waals surface area (Å²) in [6.07, 6.45) is 7.21. The lowest BCUT2D eigenvalue weighted by atomic mass is 10.0. The van der Waals surface area contributed by atoms with Crippen LogP contribution in [0.5, 0.6) is 0 Å². The largest absolute Gasteiger partial charge is 0.307 e. The van der Waals surface area contributed by atoms with E-state index in [-0.39, 0.29) is 0 Å². The normalized spacial score (nSPS) is 12.2. The maximum Gasteiger partial charge on any atom is 0.0512 e. The molecule has 0 saturated carbocycles. The SMILES string of the molecule is CCCNC(C=C(C)C)c1ccncc1C. The van der Waals surface area contributed by atoms with Gasteiger partial charge in [0, 0.05) is 12.4 Å². The number of hydrogen-bond donors (Lipinski definition) is 1. The smallest absolute Gasteiger partial charge is 0.0512 e. The molecule has 0 fully saturated rings. The monoisotopic (exact) mass is 218 g/mol. The molecule has 0 aliphatic carbocycles. The van der Waals surface area contributed by atoms with Crippen molar-refractivity contribution in [1.82, 2.24) is 10.3 Å². The highest BCUT2D eigenvalue weighted by atomic mass is 14.9. The van der Waals surface area contributed by atoms with Crippen LogP contribution in [-0.2, 0) is 0 Å². The van der Waals surface area contributed by atoms with Gasteiger partial charge in [0.25, 0.3) is 0 Å². The Morgan fingerprint density at radius 2 is 2.25 bits per heavy atom. The third-order valence-electron chi connectivity index (χ3n) is 2.51. The van der Waals surface area contributed by atoms with Crippen LogP contribution in [0.1, 0.15) is 44.4 Å². The summed E-state index contributed by atoms with van der Waals surface area (Å²) >= 11 is 0. The topological polar surface area (TPSA) is 24.9 Å². The molecule has 1 aromatic heterocycles. The Labute approximate surface area is 98.8 Å². The first kappa shape index (κ1) is 12.9. The lowest BCUT2D eigenvalue weighted by Gasteiger charge is -2.17. The Morgan fingerprint density at radius 1 is 1.50 bits per heavy atom. The van der Waals surface area contributed by atoms with E-state index in [2.05, 4.69) is 50.1 Å². The van der Waals surface area contributed by atoms with Crippen molar-refractivity contribution in [2.45, 2.75) is 40.2 Å². The van der Waals surface area contributed by atoms with E-state index >= 15 is 0 Å². The van der Waals surface area contributed by atoms with E-state index < -0.39 is 0 Å². The summed E-state index contributed by atoms with van der Waals surface area (Å²) in [5.74, 6) is 0. The first-order valence-electron chi connectivity index (χ1n) is 5.94. The van der Waals surface area contributed by atoms with Gasteiger partial charge in [0.05, 0.1) is 6.04 Å². The molecule has 1 aromatic rings. The molecule has 0 aromatic carbocycles. The van der Waals surface area contributed by atoms with Crippen LogP contribution in [0, 0.1) is 6.92 Å². The summed E-state index contributed by atoms with van der Waals surface area (Å²) in [5.41, 5.74) is 3.91. The Morgan fingerprint density at radius 3 is 2.81 bits per heavy atom. The van der Waals surface area contributed by atoms with E-state index in [0.29, 0.717) is 6.04 Å². The number of aromatic nitrogens is 1. The van der Waals surface area contributed by atoms with Crippen molar-refractivity contribution in [2.75, 3.05) is 6.54 Å². The molecule has 0 saturated heterocycles. The highest BCUT2D eigenvalue weighted by Crippen LogP contribution is 2.19. The van der Waals surface area contributed by atoms with E-state index in [1.165, 1.54) is 16.7 Å². The van der Waals surface area contributed by atoms with Crippen LogP contribution in [0.2, 0.25) is 0 Å². The minimum absolute atomic E-state index is 0.313. The third-order valence-corrected chi connectivity index (χ3v) is 2.51. The highest BCUT2D eigenvalue weighted by Gasteiger charge is 2.09. The number of pyridine rings is 1. The van der Waals surface area contributed by atoms with Crippen molar-refractivity contribution < 1.29 is 0 Å². The quantitative estimate of drug-likeness (QED) is 0.766. The van der Waals surface area contributed by atoms with E-state index in [1.54, 1.807) is 0 Å². The number of nitrogens with one attached hydrogen (secondary N) is 1. The van der Waals surface area contributed by atoms with Crippen molar-refractivity contribution in [3.8, 4) is 0 Å². The molecule has 1 heterocycles. The second kappa shape index (κ2) is 6.44. The number of allylic oxidation sites excluding steroid dienone is 1. The van der Waals surface area contributed by atoms with Crippen LogP contribution in [-0.4, -0.2) is 11.5 Å². The van der Waals surface area contributed by atoms with Gasteiger partial charge in [0.15, 0.2) is 0 Å². The maximum atomic E-state index is 4.14. The molecule has 1 N–H and O–H groups in total. The molecular formula is C14H22N2. The zero-order valence-corrected chi connectivity index (χ0v) is 10.7. The van der Waals surface area contributed by atoms with Crippen LogP contribution in [0.4, 0.5) is 0 Å². The van der Waals surface area contributed by atoms with E-state index in [1.807, 2.05) is 12.4 Å². The van der Waals surface area contributed by atoms with Crippen molar-refractivity contribution in [3.05, 3.63) is 41.2 Å². The van der Waals surface area contributed by atoms with Crippen molar-refractivity contribution in [1.29, 1.82) is 0 Å². The van der Waals surface area contributed by atoms with Crippen molar-refractivity contribution >= 4 is 0 Å². The molecule has 1 unspecified atom stereocenters. The second-order valence-electron chi connectivity index (χ2n) is 4.41. The fraction of sp³-hybridized carbons (Fsp3) is 0.500. The summed E-state index contributed by atoms with van der Waals surface area (Å²) in [6, 6.07) is 2.41. The van der Waals surface area contributed by atoms with Gasteiger partial charge in [-0.15, -0.1) is 0 Å². The first-order valence-corrected chi connectivity index (χ1v) is 5.94. The predicted octanol–water partition coefficient (Wildman–Crippen LogP) is 3.40. The van der Waals surface area contributed by atoms with Crippen LogP contribution in [0.3, 0.4) is 0 Å². The van der Waals surface area contributed by atoms with Gasteiger partial charge in [0.2, 0.25) is 0 Å². The molecule has 0 aliphatic rings. The average molecular weight is 218 g/mol.